The van der Waals surface area contributed by atoms with Gasteiger partial charge in [0.15, 0.2) is 0 Å². The highest BCUT2D eigenvalue weighted by Crippen LogP contribution is 2.32. The topological polar surface area (TPSA) is 125 Å². The fourth-order valence-electron chi connectivity index (χ4n) is 2.73. The first kappa shape index (κ1) is 18.1. The molecular formula is C16H18N4O5S. The normalized spacial score (nSPS) is 14.5. The van der Waals surface area contributed by atoms with Crippen LogP contribution in [0.2, 0.25) is 0 Å². The molecule has 2 heterocycles. The van der Waals surface area contributed by atoms with E-state index >= 15 is 0 Å². The summed E-state index contributed by atoms with van der Waals surface area (Å²) in [7, 11) is -1.00. The fourth-order valence-corrected chi connectivity index (χ4v) is 4.30. The number of carbonyl (C=O) groups is 1. The molecule has 1 aromatic carbocycles. The Bertz CT molecular complexity index is 961. The molecule has 10 heteroatoms. The summed E-state index contributed by atoms with van der Waals surface area (Å²) in [6, 6.07) is 4.57. The molecule has 0 unspecified atom stereocenters. The molecule has 1 aliphatic heterocycles. The Hall–Kier alpha value is -2.72. The third-order valence-electron chi connectivity index (χ3n) is 4.12. The Morgan fingerprint density at radius 1 is 1.27 bits per heavy atom. The average molecular weight is 378 g/mol. The van der Waals surface area contributed by atoms with Gasteiger partial charge in [0.05, 0.1) is 26.5 Å². The Morgan fingerprint density at radius 2 is 2.04 bits per heavy atom. The van der Waals surface area contributed by atoms with Crippen molar-refractivity contribution in [3.63, 3.8) is 0 Å². The number of fused-ring (bicyclic) bond motifs is 1. The van der Waals surface area contributed by atoms with Gasteiger partial charge >= 0.3 is 0 Å². The molecule has 138 valence electrons. The van der Waals surface area contributed by atoms with Gasteiger partial charge in [-0.1, -0.05) is 0 Å². The molecule has 26 heavy (non-hydrogen) atoms. The lowest BCUT2D eigenvalue weighted by atomic mass is 10.1. The first-order valence-electron chi connectivity index (χ1n) is 7.73. The lowest BCUT2D eigenvalue weighted by molar-refractivity contribution is 0.0990. The maximum absolute atomic E-state index is 13.1. The van der Waals surface area contributed by atoms with Crippen LogP contribution in [0.25, 0.3) is 0 Å². The van der Waals surface area contributed by atoms with E-state index in [1.165, 1.54) is 36.9 Å². The summed E-state index contributed by atoms with van der Waals surface area (Å²) in [5, 5.41) is 0. The van der Waals surface area contributed by atoms with Gasteiger partial charge in [-0.25, -0.2) is 18.4 Å². The minimum atomic E-state index is -3.86. The molecule has 0 atom stereocenters. The minimum Gasteiger partial charge on any atom is -0.497 e. The van der Waals surface area contributed by atoms with E-state index in [2.05, 4.69) is 9.97 Å². The van der Waals surface area contributed by atoms with Crippen LogP contribution in [0.3, 0.4) is 0 Å². The number of amides is 1. The van der Waals surface area contributed by atoms with Gasteiger partial charge in [0.1, 0.15) is 16.4 Å². The zero-order chi connectivity index (χ0) is 18.9. The molecular weight excluding hydrogens is 360 g/mol. The van der Waals surface area contributed by atoms with Gasteiger partial charge in [0.2, 0.25) is 15.8 Å². The SMILES string of the molecule is COc1ccc(OC)c(S(=O)(=O)N2CCc3cnc(C(N)=O)nc3C2)c1. The highest BCUT2D eigenvalue weighted by molar-refractivity contribution is 7.89. The third kappa shape index (κ3) is 3.20. The number of rotatable bonds is 5. The number of nitrogens with zero attached hydrogens (tertiary/aromatic N) is 3. The van der Waals surface area contributed by atoms with E-state index in [0.717, 1.165) is 5.56 Å². The molecule has 0 spiro atoms. The Labute approximate surface area is 150 Å². The first-order chi connectivity index (χ1) is 12.4. The summed E-state index contributed by atoms with van der Waals surface area (Å²) in [5.41, 5.74) is 6.46. The lowest BCUT2D eigenvalue weighted by Gasteiger charge is -2.27. The number of hydrogen-bond acceptors (Lipinski definition) is 7. The fraction of sp³-hybridized carbons (Fsp3) is 0.312. The average Bonchev–Trinajstić information content (AvgIpc) is 2.66. The summed E-state index contributed by atoms with van der Waals surface area (Å²) in [4.78, 5) is 19.3. The quantitative estimate of drug-likeness (QED) is 0.795. The van der Waals surface area contributed by atoms with Crippen LogP contribution in [0.4, 0.5) is 0 Å². The highest BCUT2D eigenvalue weighted by atomic mass is 32.2. The summed E-state index contributed by atoms with van der Waals surface area (Å²) in [6.45, 7) is 0.274. The van der Waals surface area contributed by atoms with Crippen LogP contribution in [0.1, 0.15) is 21.9 Å². The van der Waals surface area contributed by atoms with Gasteiger partial charge in [-0.2, -0.15) is 4.31 Å². The number of ether oxygens (including phenoxy) is 2. The van der Waals surface area contributed by atoms with Crippen LogP contribution >= 0.6 is 0 Å². The molecule has 0 radical (unpaired) electrons. The van der Waals surface area contributed by atoms with E-state index in [4.69, 9.17) is 15.2 Å². The van der Waals surface area contributed by atoms with Crippen LogP contribution in [0.5, 0.6) is 11.5 Å². The minimum absolute atomic E-state index is 0.00646. The molecule has 2 N–H and O–H groups in total. The van der Waals surface area contributed by atoms with Crippen LogP contribution < -0.4 is 15.2 Å². The van der Waals surface area contributed by atoms with Crippen LogP contribution in [0, 0.1) is 0 Å². The van der Waals surface area contributed by atoms with Crippen molar-refractivity contribution < 1.29 is 22.7 Å². The number of nitrogens with two attached hydrogens (primary N) is 1. The van der Waals surface area contributed by atoms with Gasteiger partial charge in [-0.15, -0.1) is 0 Å². The number of benzene rings is 1. The van der Waals surface area contributed by atoms with Gasteiger partial charge < -0.3 is 15.2 Å². The van der Waals surface area contributed by atoms with Crippen molar-refractivity contribution in [2.75, 3.05) is 20.8 Å². The van der Waals surface area contributed by atoms with Crippen molar-refractivity contribution in [1.82, 2.24) is 14.3 Å². The van der Waals surface area contributed by atoms with E-state index in [1.807, 2.05) is 0 Å². The molecule has 1 amide bonds. The van der Waals surface area contributed by atoms with Crippen molar-refractivity contribution in [1.29, 1.82) is 0 Å². The maximum atomic E-state index is 13.1. The van der Waals surface area contributed by atoms with Crippen molar-refractivity contribution in [3.8, 4) is 11.5 Å². The number of carbonyl (C=O) groups excluding carboxylic acids is 1. The highest BCUT2D eigenvalue weighted by Gasteiger charge is 2.32. The molecule has 1 aromatic heterocycles. The van der Waals surface area contributed by atoms with Crippen LogP contribution in [0.15, 0.2) is 29.3 Å². The first-order valence-corrected chi connectivity index (χ1v) is 9.17. The second-order valence-corrected chi connectivity index (χ2v) is 7.54. The number of hydrogen-bond donors (Lipinski definition) is 1. The number of sulfonamides is 1. The number of aromatic nitrogens is 2. The molecule has 0 fully saturated rings. The predicted octanol–water partition coefficient (Wildman–Crippen LogP) is 0.340. The van der Waals surface area contributed by atoms with Crippen LogP contribution in [-0.2, 0) is 23.0 Å². The van der Waals surface area contributed by atoms with E-state index in [0.29, 0.717) is 17.9 Å². The van der Waals surface area contributed by atoms with E-state index in [9.17, 15) is 13.2 Å². The summed E-state index contributed by atoms with van der Waals surface area (Å²) < 4.78 is 37.8. The molecule has 0 bridgehead atoms. The van der Waals surface area contributed by atoms with Gasteiger partial charge in [0.25, 0.3) is 5.91 Å². The molecule has 0 saturated carbocycles. The monoisotopic (exact) mass is 378 g/mol. The van der Waals surface area contributed by atoms with E-state index < -0.39 is 15.9 Å². The van der Waals surface area contributed by atoms with Crippen molar-refractivity contribution in [3.05, 3.63) is 41.5 Å². The Balaban J connectivity index is 1.99. The predicted molar refractivity (Wildman–Crippen MR) is 91.4 cm³/mol. The van der Waals surface area contributed by atoms with Gasteiger partial charge in [-0.05, 0) is 24.1 Å². The van der Waals surface area contributed by atoms with Crippen molar-refractivity contribution in [2.24, 2.45) is 5.73 Å². The Morgan fingerprint density at radius 3 is 2.69 bits per heavy atom. The molecule has 0 saturated heterocycles. The van der Waals surface area contributed by atoms with E-state index in [-0.39, 0.29) is 29.6 Å². The molecule has 2 aromatic rings. The lowest BCUT2D eigenvalue weighted by Crippen LogP contribution is -2.37. The van der Waals surface area contributed by atoms with Gasteiger partial charge in [0, 0.05) is 18.8 Å². The molecule has 0 aliphatic carbocycles. The summed E-state index contributed by atoms with van der Waals surface area (Å²) in [5.74, 6) is -0.276. The second kappa shape index (κ2) is 6.89. The molecule has 3 rings (SSSR count). The smallest absolute Gasteiger partial charge is 0.286 e. The number of methoxy groups -OCH3 is 2. The van der Waals surface area contributed by atoms with Gasteiger partial charge in [-0.3, -0.25) is 4.79 Å². The van der Waals surface area contributed by atoms with E-state index in [1.54, 1.807) is 6.07 Å². The third-order valence-corrected chi connectivity index (χ3v) is 5.99. The number of primary amides is 1. The zero-order valence-corrected chi connectivity index (χ0v) is 15.1. The Kier molecular flexibility index (Phi) is 4.79. The summed E-state index contributed by atoms with van der Waals surface area (Å²) in [6.07, 6.45) is 1.94. The molecule has 1 aliphatic rings. The second-order valence-electron chi connectivity index (χ2n) is 5.64. The van der Waals surface area contributed by atoms with Crippen LogP contribution in [-0.4, -0.2) is 49.4 Å². The molecule has 9 nitrogen and oxygen atoms in total. The zero-order valence-electron chi connectivity index (χ0n) is 14.3. The maximum Gasteiger partial charge on any atom is 0.286 e. The largest absolute Gasteiger partial charge is 0.497 e. The summed E-state index contributed by atoms with van der Waals surface area (Å²) >= 11 is 0. The van der Waals surface area contributed by atoms with Crippen molar-refractivity contribution in [2.45, 2.75) is 17.9 Å². The van der Waals surface area contributed by atoms with Crippen molar-refractivity contribution >= 4 is 15.9 Å². The standard InChI is InChI=1S/C16H18N4O5S/c1-24-11-3-4-13(25-2)14(7-11)26(22,23)20-6-5-10-8-18-16(15(17)21)19-12(10)9-20/h3-4,7-8H,5-6,9H2,1-2H3,(H2,17,21).